The van der Waals surface area contributed by atoms with Crippen LogP contribution in [0, 0.1) is 5.82 Å². The molecule has 0 atom stereocenters. The summed E-state index contributed by atoms with van der Waals surface area (Å²) < 4.78 is 18.5. The Morgan fingerprint density at radius 2 is 2.14 bits per heavy atom. The van der Waals surface area contributed by atoms with Crippen LogP contribution in [0.3, 0.4) is 0 Å². The molecule has 6 heteroatoms. The fraction of sp³-hybridized carbons (Fsp3) is 0.133. The van der Waals surface area contributed by atoms with Gasteiger partial charge in [0.2, 0.25) is 0 Å². The second kappa shape index (κ2) is 5.61. The van der Waals surface area contributed by atoms with Gasteiger partial charge in [-0.3, -0.25) is 4.79 Å². The first-order chi connectivity index (χ1) is 10.1. The lowest BCUT2D eigenvalue weighted by molar-refractivity contribution is -0.118. The Bertz CT molecular complexity index is 706. The molecule has 0 bridgehead atoms. The number of carbonyl (C=O) groups excluding carboxylic acids is 1. The van der Waals surface area contributed by atoms with Gasteiger partial charge in [0.05, 0.1) is 16.4 Å². The molecule has 108 valence electrons. The Hall–Kier alpha value is -2.27. The summed E-state index contributed by atoms with van der Waals surface area (Å²) >= 11 is 5.99. The first kappa shape index (κ1) is 13.7. The van der Waals surface area contributed by atoms with E-state index in [1.807, 2.05) is 12.1 Å². The maximum atomic E-state index is 13.2. The summed E-state index contributed by atoms with van der Waals surface area (Å²) in [6.45, 7) is 0.482. The highest BCUT2D eigenvalue weighted by atomic mass is 35.5. The van der Waals surface area contributed by atoms with E-state index in [-0.39, 0.29) is 18.3 Å². The number of anilines is 2. The second-order valence-electron chi connectivity index (χ2n) is 4.65. The third-order valence-electron chi connectivity index (χ3n) is 3.09. The van der Waals surface area contributed by atoms with Crippen LogP contribution in [0.5, 0.6) is 5.75 Å². The molecule has 0 aromatic heterocycles. The Labute approximate surface area is 125 Å². The van der Waals surface area contributed by atoms with E-state index in [0.717, 1.165) is 5.56 Å². The van der Waals surface area contributed by atoms with Crippen LogP contribution >= 0.6 is 11.6 Å². The van der Waals surface area contributed by atoms with Crippen LogP contribution in [-0.4, -0.2) is 12.5 Å². The minimum Gasteiger partial charge on any atom is -0.482 e. The number of fused-ring (bicyclic) bond motifs is 1. The summed E-state index contributed by atoms with van der Waals surface area (Å²) in [5.41, 5.74) is 2.07. The first-order valence-electron chi connectivity index (χ1n) is 6.36. The zero-order chi connectivity index (χ0) is 14.8. The molecule has 0 unspecified atom stereocenters. The Morgan fingerprint density at radius 3 is 3.00 bits per heavy atom. The predicted molar refractivity (Wildman–Crippen MR) is 79.3 cm³/mol. The lowest BCUT2D eigenvalue weighted by Gasteiger charge is -2.18. The SMILES string of the molecule is O=C1COc2ccc(CNc3cc(F)ccc3Cl)cc2N1. The highest BCUT2D eigenvalue weighted by Gasteiger charge is 2.15. The largest absolute Gasteiger partial charge is 0.482 e. The number of ether oxygens (including phenoxy) is 1. The average molecular weight is 307 g/mol. The van der Waals surface area contributed by atoms with Crippen molar-refractivity contribution in [2.24, 2.45) is 0 Å². The summed E-state index contributed by atoms with van der Waals surface area (Å²) in [5, 5.41) is 6.25. The Kier molecular flexibility index (Phi) is 3.66. The van der Waals surface area contributed by atoms with E-state index in [1.54, 1.807) is 6.07 Å². The van der Waals surface area contributed by atoms with E-state index in [9.17, 15) is 9.18 Å². The molecule has 0 saturated carbocycles. The quantitative estimate of drug-likeness (QED) is 0.913. The molecular weight excluding hydrogens is 295 g/mol. The molecule has 0 aliphatic carbocycles. The fourth-order valence-corrected chi connectivity index (χ4v) is 2.25. The summed E-state index contributed by atoms with van der Waals surface area (Å²) in [5.74, 6) is 0.107. The molecule has 1 aliphatic rings. The van der Waals surface area contributed by atoms with Crippen molar-refractivity contribution in [1.29, 1.82) is 0 Å². The van der Waals surface area contributed by atoms with Crippen LogP contribution in [0.1, 0.15) is 5.56 Å². The zero-order valence-electron chi connectivity index (χ0n) is 11.0. The molecule has 1 amide bonds. The average Bonchev–Trinajstić information content (AvgIpc) is 2.47. The van der Waals surface area contributed by atoms with Gasteiger partial charge in [0, 0.05) is 6.54 Å². The highest BCUT2D eigenvalue weighted by Crippen LogP contribution is 2.29. The third-order valence-corrected chi connectivity index (χ3v) is 3.42. The molecule has 2 aromatic rings. The minimum atomic E-state index is -0.354. The topological polar surface area (TPSA) is 50.4 Å². The van der Waals surface area contributed by atoms with E-state index < -0.39 is 0 Å². The molecule has 0 saturated heterocycles. The number of amides is 1. The van der Waals surface area contributed by atoms with Crippen LogP contribution in [0.25, 0.3) is 0 Å². The van der Waals surface area contributed by atoms with Crippen molar-refractivity contribution in [3.8, 4) is 5.75 Å². The van der Waals surface area contributed by atoms with Gasteiger partial charge >= 0.3 is 0 Å². The van der Waals surface area contributed by atoms with Crippen LogP contribution in [0.2, 0.25) is 5.02 Å². The Morgan fingerprint density at radius 1 is 1.29 bits per heavy atom. The smallest absolute Gasteiger partial charge is 0.262 e. The molecule has 3 rings (SSSR count). The number of benzene rings is 2. The number of carbonyl (C=O) groups is 1. The maximum Gasteiger partial charge on any atom is 0.262 e. The predicted octanol–water partition coefficient (Wildman–Crippen LogP) is 3.42. The molecule has 0 radical (unpaired) electrons. The van der Waals surface area contributed by atoms with E-state index >= 15 is 0 Å². The maximum absolute atomic E-state index is 13.2. The van der Waals surface area contributed by atoms with Crippen molar-refractivity contribution < 1.29 is 13.9 Å². The van der Waals surface area contributed by atoms with Gasteiger partial charge in [-0.2, -0.15) is 0 Å². The Balaban J connectivity index is 1.75. The molecule has 1 heterocycles. The van der Waals surface area contributed by atoms with Gasteiger partial charge in [-0.05, 0) is 35.9 Å². The normalized spacial score (nSPS) is 13.1. The van der Waals surface area contributed by atoms with E-state index in [2.05, 4.69) is 10.6 Å². The lowest BCUT2D eigenvalue weighted by Crippen LogP contribution is -2.25. The van der Waals surface area contributed by atoms with Crippen LogP contribution < -0.4 is 15.4 Å². The lowest BCUT2D eigenvalue weighted by atomic mass is 10.1. The zero-order valence-corrected chi connectivity index (χ0v) is 11.7. The van der Waals surface area contributed by atoms with Gasteiger partial charge in [0.25, 0.3) is 5.91 Å². The highest BCUT2D eigenvalue weighted by molar-refractivity contribution is 6.33. The van der Waals surface area contributed by atoms with Crippen molar-refractivity contribution in [2.75, 3.05) is 17.2 Å². The van der Waals surface area contributed by atoms with E-state index in [0.29, 0.717) is 28.7 Å². The number of hydrogen-bond acceptors (Lipinski definition) is 3. The standard InChI is InChI=1S/C15H12ClFN2O2/c16-11-3-2-10(17)6-12(11)18-7-9-1-4-14-13(5-9)19-15(20)8-21-14/h1-6,18H,7-8H2,(H,19,20). The van der Waals surface area contributed by atoms with Crippen LogP contribution in [0.4, 0.5) is 15.8 Å². The molecule has 1 aliphatic heterocycles. The van der Waals surface area contributed by atoms with Gasteiger partial charge in [-0.15, -0.1) is 0 Å². The van der Waals surface area contributed by atoms with E-state index in [1.165, 1.54) is 18.2 Å². The minimum absolute atomic E-state index is 0.0312. The summed E-state index contributed by atoms with van der Waals surface area (Å²) in [7, 11) is 0. The number of hydrogen-bond donors (Lipinski definition) is 2. The first-order valence-corrected chi connectivity index (χ1v) is 6.74. The molecule has 0 spiro atoms. The summed E-state index contributed by atoms with van der Waals surface area (Å²) in [6.07, 6.45) is 0. The van der Waals surface area contributed by atoms with Crippen molar-refractivity contribution >= 4 is 28.9 Å². The fourth-order valence-electron chi connectivity index (χ4n) is 2.07. The van der Waals surface area contributed by atoms with Gasteiger partial charge in [-0.25, -0.2) is 4.39 Å². The van der Waals surface area contributed by atoms with Crippen LogP contribution in [0.15, 0.2) is 36.4 Å². The molecule has 4 nitrogen and oxygen atoms in total. The molecule has 2 aromatic carbocycles. The monoisotopic (exact) mass is 306 g/mol. The van der Waals surface area contributed by atoms with E-state index in [4.69, 9.17) is 16.3 Å². The van der Waals surface area contributed by atoms with Gasteiger partial charge in [0.15, 0.2) is 6.61 Å². The summed E-state index contributed by atoms with van der Waals surface area (Å²) in [6, 6.07) is 9.62. The number of nitrogens with one attached hydrogen (secondary N) is 2. The van der Waals surface area contributed by atoms with Gasteiger partial charge in [-0.1, -0.05) is 17.7 Å². The molecule has 2 N–H and O–H groups in total. The van der Waals surface area contributed by atoms with Crippen molar-refractivity contribution in [3.05, 3.63) is 52.8 Å². The third kappa shape index (κ3) is 3.08. The number of rotatable bonds is 3. The van der Waals surface area contributed by atoms with Crippen LogP contribution in [-0.2, 0) is 11.3 Å². The molecule has 0 fully saturated rings. The van der Waals surface area contributed by atoms with Crippen molar-refractivity contribution in [2.45, 2.75) is 6.54 Å². The molecular formula is C15H12ClFN2O2. The van der Waals surface area contributed by atoms with Gasteiger partial charge in [0.1, 0.15) is 11.6 Å². The van der Waals surface area contributed by atoms with Crippen molar-refractivity contribution in [3.63, 3.8) is 0 Å². The second-order valence-corrected chi connectivity index (χ2v) is 5.05. The molecule has 21 heavy (non-hydrogen) atoms. The number of halogens is 2. The van der Waals surface area contributed by atoms with Gasteiger partial charge < -0.3 is 15.4 Å². The summed E-state index contributed by atoms with van der Waals surface area (Å²) in [4.78, 5) is 11.3. The van der Waals surface area contributed by atoms with Crippen molar-refractivity contribution in [1.82, 2.24) is 0 Å².